The highest BCUT2D eigenvalue weighted by molar-refractivity contribution is 7.10. The van der Waals surface area contributed by atoms with Gasteiger partial charge in [-0.15, -0.1) is 11.3 Å². The van der Waals surface area contributed by atoms with E-state index < -0.39 is 0 Å². The summed E-state index contributed by atoms with van der Waals surface area (Å²) >= 11 is 1.59. The number of nitrogens with one attached hydrogen (secondary N) is 2. The Morgan fingerprint density at radius 3 is 2.50 bits per heavy atom. The normalized spacial score (nSPS) is 11.5. The zero-order valence-electron chi connectivity index (χ0n) is 15.6. The molecule has 0 bridgehead atoms. The highest BCUT2D eigenvalue weighted by Gasteiger charge is 2.15. The second kappa shape index (κ2) is 9.71. The van der Waals surface area contributed by atoms with Gasteiger partial charge in [-0.05, 0) is 36.1 Å². The Morgan fingerprint density at radius 2 is 1.75 bits per heavy atom. The molecule has 0 unspecified atom stereocenters. The average molecular weight is 394 g/mol. The van der Waals surface area contributed by atoms with E-state index in [1.807, 2.05) is 54.8 Å². The van der Waals surface area contributed by atoms with Gasteiger partial charge < -0.3 is 15.4 Å². The third-order valence-corrected chi connectivity index (χ3v) is 5.19. The van der Waals surface area contributed by atoms with Crippen LogP contribution in [0.3, 0.4) is 0 Å². The first-order chi connectivity index (χ1) is 13.6. The van der Waals surface area contributed by atoms with Crippen LogP contribution in [0.4, 0.5) is 0 Å². The Labute approximate surface area is 168 Å². The molecule has 2 N–H and O–H groups in total. The van der Waals surface area contributed by atoms with Gasteiger partial charge in [-0.3, -0.25) is 9.59 Å². The number of amides is 2. The van der Waals surface area contributed by atoms with Crippen molar-refractivity contribution < 1.29 is 14.3 Å². The lowest BCUT2D eigenvalue weighted by Crippen LogP contribution is -2.31. The van der Waals surface area contributed by atoms with Crippen LogP contribution in [0, 0.1) is 0 Å². The molecular formula is C22H22N2O3S. The number of carbonyl (C=O) groups is 2. The van der Waals surface area contributed by atoms with Crippen LogP contribution in [-0.4, -0.2) is 18.4 Å². The molecule has 1 aromatic heterocycles. The van der Waals surface area contributed by atoms with Crippen LogP contribution in [0.25, 0.3) is 0 Å². The first-order valence-electron chi connectivity index (χ1n) is 9.00. The van der Waals surface area contributed by atoms with Crippen molar-refractivity contribution in [1.82, 2.24) is 10.6 Å². The lowest BCUT2D eigenvalue weighted by Gasteiger charge is -2.14. The molecule has 0 aliphatic rings. The van der Waals surface area contributed by atoms with Crippen molar-refractivity contribution in [3.8, 4) is 5.75 Å². The molecule has 0 radical (unpaired) electrons. The quantitative estimate of drug-likeness (QED) is 0.608. The minimum atomic E-state index is -0.244. The number of benzene rings is 2. The molecule has 0 saturated heterocycles. The van der Waals surface area contributed by atoms with E-state index in [-0.39, 0.29) is 24.5 Å². The van der Waals surface area contributed by atoms with E-state index >= 15 is 0 Å². The molecule has 0 aliphatic carbocycles. The highest BCUT2D eigenvalue weighted by atomic mass is 32.1. The molecule has 5 nitrogen and oxygen atoms in total. The third kappa shape index (κ3) is 5.44. The topological polar surface area (TPSA) is 67.4 Å². The number of ether oxygens (including phenoxy) is 1. The van der Waals surface area contributed by atoms with Crippen molar-refractivity contribution in [1.29, 1.82) is 0 Å². The van der Waals surface area contributed by atoms with E-state index in [1.165, 1.54) is 0 Å². The van der Waals surface area contributed by atoms with Gasteiger partial charge in [-0.25, -0.2) is 0 Å². The largest absolute Gasteiger partial charge is 0.483 e. The van der Waals surface area contributed by atoms with Gasteiger partial charge in [0.1, 0.15) is 5.75 Å². The zero-order valence-corrected chi connectivity index (χ0v) is 16.4. The van der Waals surface area contributed by atoms with E-state index in [9.17, 15) is 9.59 Å². The second-order valence-electron chi connectivity index (χ2n) is 6.26. The van der Waals surface area contributed by atoms with Crippen LogP contribution in [0.2, 0.25) is 0 Å². The van der Waals surface area contributed by atoms with E-state index in [2.05, 4.69) is 10.6 Å². The third-order valence-electron chi connectivity index (χ3n) is 4.13. The average Bonchev–Trinajstić information content (AvgIpc) is 3.26. The van der Waals surface area contributed by atoms with Gasteiger partial charge in [-0.1, -0.05) is 48.5 Å². The van der Waals surface area contributed by atoms with Gasteiger partial charge in [0.25, 0.3) is 11.8 Å². The maximum Gasteiger partial charge on any atom is 0.258 e. The van der Waals surface area contributed by atoms with Crippen LogP contribution in [0.1, 0.15) is 33.8 Å². The summed E-state index contributed by atoms with van der Waals surface area (Å²) in [7, 11) is 0. The number of hydrogen-bond donors (Lipinski definition) is 2. The molecule has 0 saturated carbocycles. The van der Waals surface area contributed by atoms with E-state index in [0.29, 0.717) is 17.9 Å². The van der Waals surface area contributed by atoms with Gasteiger partial charge in [-0.2, -0.15) is 0 Å². The van der Waals surface area contributed by atoms with Gasteiger partial charge >= 0.3 is 0 Å². The van der Waals surface area contributed by atoms with Gasteiger partial charge in [0.05, 0.1) is 11.6 Å². The Kier molecular flexibility index (Phi) is 6.81. The minimum absolute atomic E-state index is 0.0829. The fourth-order valence-corrected chi connectivity index (χ4v) is 3.42. The monoisotopic (exact) mass is 394 g/mol. The summed E-state index contributed by atoms with van der Waals surface area (Å²) in [6.07, 6.45) is 0. The van der Waals surface area contributed by atoms with Crippen LogP contribution >= 0.6 is 11.3 Å². The molecule has 6 heteroatoms. The van der Waals surface area contributed by atoms with Crippen molar-refractivity contribution in [2.45, 2.75) is 19.5 Å². The predicted molar refractivity (Wildman–Crippen MR) is 110 cm³/mol. The van der Waals surface area contributed by atoms with Crippen molar-refractivity contribution in [2.75, 3.05) is 6.61 Å². The summed E-state index contributed by atoms with van der Waals surface area (Å²) in [5.41, 5.74) is 1.41. The smallest absolute Gasteiger partial charge is 0.258 e. The molecule has 2 aromatic carbocycles. The number of rotatable bonds is 8. The Bertz CT molecular complexity index is 911. The summed E-state index contributed by atoms with van der Waals surface area (Å²) < 4.78 is 5.62. The molecule has 0 spiro atoms. The molecule has 1 atom stereocenters. The number of hydrogen-bond acceptors (Lipinski definition) is 4. The van der Waals surface area contributed by atoms with Crippen LogP contribution in [0.5, 0.6) is 5.75 Å². The fourth-order valence-electron chi connectivity index (χ4n) is 2.69. The van der Waals surface area contributed by atoms with Gasteiger partial charge in [0.2, 0.25) is 0 Å². The molecule has 28 heavy (non-hydrogen) atoms. The maximum atomic E-state index is 12.5. The minimum Gasteiger partial charge on any atom is -0.483 e. The van der Waals surface area contributed by atoms with Crippen molar-refractivity contribution >= 4 is 23.2 Å². The molecule has 0 aliphatic heterocycles. The molecule has 3 rings (SSSR count). The van der Waals surface area contributed by atoms with Gasteiger partial charge in [0, 0.05) is 11.4 Å². The lowest BCUT2D eigenvalue weighted by molar-refractivity contribution is -0.123. The van der Waals surface area contributed by atoms with Crippen molar-refractivity contribution in [3.05, 3.63) is 88.1 Å². The summed E-state index contributed by atoms with van der Waals surface area (Å²) in [6.45, 7) is 2.19. The molecule has 3 aromatic rings. The molecule has 0 fully saturated rings. The standard InChI is InChI=1S/C22H22N2O3S/c1-16(20-12-7-13-28-20)24-21(25)15-27-19-11-6-5-10-18(19)22(26)23-14-17-8-3-2-4-9-17/h2-13,16H,14-15H2,1H3,(H,23,26)(H,24,25)/t16-/m0/s1. The summed E-state index contributed by atoms with van der Waals surface area (Å²) in [5.74, 6) is -0.0980. The molecule has 144 valence electrons. The number of carbonyl (C=O) groups excluding carboxylic acids is 2. The Hall–Kier alpha value is -3.12. The van der Waals surface area contributed by atoms with Gasteiger partial charge in [0.15, 0.2) is 6.61 Å². The SMILES string of the molecule is C[C@H](NC(=O)COc1ccccc1C(=O)NCc1ccccc1)c1cccs1. The van der Waals surface area contributed by atoms with Crippen molar-refractivity contribution in [3.63, 3.8) is 0 Å². The second-order valence-corrected chi connectivity index (χ2v) is 7.24. The first kappa shape index (κ1) is 19.6. The first-order valence-corrected chi connectivity index (χ1v) is 9.88. The van der Waals surface area contributed by atoms with Crippen LogP contribution in [0.15, 0.2) is 72.1 Å². The Morgan fingerprint density at radius 1 is 1.00 bits per heavy atom. The lowest BCUT2D eigenvalue weighted by atomic mass is 10.1. The zero-order chi connectivity index (χ0) is 19.8. The maximum absolute atomic E-state index is 12.5. The van der Waals surface area contributed by atoms with Crippen LogP contribution < -0.4 is 15.4 Å². The molecular weight excluding hydrogens is 372 g/mol. The summed E-state index contributed by atoms with van der Waals surface area (Å²) in [4.78, 5) is 25.8. The predicted octanol–water partition coefficient (Wildman–Crippen LogP) is 3.93. The van der Waals surface area contributed by atoms with E-state index in [0.717, 1.165) is 10.4 Å². The van der Waals surface area contributed by atoms with Crippen LogP contribution in [-0.2, 0) is 11.3 Å². The number of para-hydroxylation sites is 1. The molecule has 1 heterocycles. The van der Waals surface area contributed by atoms with Crippen molar-refractivity contribution in [2.24, 2.45) is 0 Å². The van der Waals surface area contributed by atoms with E-state index in [4.69, 9.17) is 4.74 Å². The fraction of sp³-hybridized carbons (Fsp3) is 0.182. The summed E-state index contributed by atoms with van der Waals surface area (Å²) in [6, 6.07) is 20.4. The van der Waals surface area contributed by atoms with E-state index in [1.54, 1.807) is 35.6 Å². The molecule has 2 amide bonds. The highest BCUT2D eigenvalue weighted by Crippen LogP contribution is 2.19. The summed E-state index contributed by atoms with van der Waals surface area (Å²) in [5, 5.41) is 7.74. The Balaban J connectivity index is 1.55. The number of thiophene rings is 1.